The summed E-state index contributed by atoms with van der Waals surface area (Å²) >= 11 is 12.1. The van der Waals surface area contributed by atoms with Crippen LogP contribution < -0.4 is 5.73 Å². The van der Waals surface area contributed by atoms with Crippen molar-refractivity contribution in [2.75, 3.05) is 0 Å². The molecule has 2 aromatic rings. The average Bonchev–Trinajstić information content (AvgIpc) is 2.43. The van der Waals surface area contributed by atoms with Crippen molar-refractivity contribution >= 4 is 35.6 Å². The zero-order valence-corrected chi connectivity index (χ0v) is 13.2. The minimum Gasteiger partial charge on any atom is -0.324 e. The number of halogens is 3. The fourth-order valence-electron chi connectivity index (χ4n) is 2.90. The highest BCUT2D eigenvalue weighted by Crippen LogP contribution is 2.41. The van der Waals surface area contributed by atoms with E-state index in [1.165, 1.54) is 16.7 Å². The molecule has 2 aromatic carbocycles. The molecule has 20 heavy (non-hydrogen) atoms. The van der Waals surface area contributed by atoms with E-state index in [2.05, 4.69) is 30.3 Å². The van der Waals surface area contributed by atoms with Crippen LogP contribution in [0.1, 0.15) is 41.5 Å². The number of rotatable bonds is 1. The van der Waals surface area contributed by atoms with E-state index in [9.17, 15) is 0 Å². The molecule has 1 aliphatic rings. The Morgan fingerprint density at radius 3 is 2.30 bits per heavy atom. The lowest BCUT2D eigenvalue weighted by atomic mass is 9.77. The molecule has 0 heterocycles. The quantitative estimate of drug-likeness (QED) is 0.751. The van der Waals surface area contributed by atoms with Crippen LogP contribution >= 0.6 is 35.6 Å². The Bertz CT molecular complexity index is 612. The Balaban J connectivity index is 0.00000147. The van der Waals surface area contributed by atoms with Gasteiger partial charge in [-0.15, -0.1) is 12.4 Å². The zero-order valence-electron chi connectivity index (χ0n) is 10.9. The highest BCUT2D eigenvalue weighted by Gasteiger charge is 2.26. The molecule has 1 nitrogen and oxygen atoms in total. The number of benzene rings is 2. The van der Waals surface area contributed by atoms with Gasteiger partial charge in [-0.1, -0.05) is 53.5 Å². The van der Waals surface area contributed by atoms with Crippen LogP contribution in [0.2, 0.25) is 10.0 Å². The van der Waals surface area contributed by atoms with Crippen LogP contribution in [0.15, 0.2) is 42.5 Å². The van der Waals surface area contributed by atoms with Crippen LogP contribution in [-0.2, 0) is 0 Å². The van der Waals surface area contributed by atoms with Crippen molar-refractivity contribution in [3.8, 4) is 0 Å². The van der Waals surface area contributed by atoms with Crippen molar-refractivity contribution in [3.05, 3.63) is 69.2 Å². The van der Waals surface area contributed by atoms with Crippen molar-refractivity contribution in [2.45, 2.75) is 24.8 Å². The first kappa shape index (κ1) is 15.7. The third-order valence-electron chi connectivity index (χ3n) is 3.88. The third kappa shape index (κ3) is 2.82. The Labute approximate surface area is 135 Å². The minimum atomic E-state index is 0. The van der Waals surface area contributed by atoms with E-state index in [1.54, 1.807) is 0 Å². The summed E-state index contributed by atoms with van der Waals surface area (Å²) in [5.41, 5.74) is 9.98. The van der Waals surface area contributed by atoms with Crippen molar-refractivity contribution < 1.29 is 0 Å². The summed E-state index contributed by atoms with van der Waals surface area (Å²) in [5.74, 6) is 0.366. The summed E-state index contributed by atoms with van der Waals surface area (Å²) in [4.78, 5) is 0. The Hall–Kier alpha value is -0.730. The van der Waals surface area contributed by atoms with Crippen LogP contribution in [0.5, 0.6) is 0 Å². The molecule has 2 N–H and O–H groups in total. The van der Waals surface area contributed by atoms with E-state index >= 15 is 0 Å². The van der Waals surface area contributed by atoms with Gasteiger partial charge in [0.1, 0.15) is 0 Å². The van der Waals surface area contributed by atoms with Gasteiger partial charge in [-0.05, 0) is 41.7 Å². The fourth-order valence-corrected chi connectivity index (χ4v) is 3.21. The van der Waals surface area contributed by atoms with Gasteiger partial charge in [0.2, 0.25) is 0 Å². The molecule has 2 atom stereocenters. The van der Waals surface area contributed by atoms with Gasteiger partial charge in [-0.2, -0.15) is 0 Å². The van der Waals surface area contributed by atoms with E-state index in [4.69, 9.17) is 28.9 Å². The molecule has 0 saturated heterocycles. The molecule has 0 aliphatic heterocycles. The Morgan fingerprint density at radius 2 is 1.60 bits per heavy atom. The summed E-state index contributed by atoms with van der Waals surface area (Å²) in [6, 6.07) is 14.5. The Kier molecular flexibility index (Phi) is 4.98. The second kappa shape index (κ2) is 6.36. The molecule has 0 aromatic heterocycles. The van der Waals surface area contributed by atoms with Crippen LogP contribution in [0, 0.1) is 0 Å². The second-order valence-electron chi connectivity index (χ2n) is 5.04. The van der Waals surface area contributed by atoms with E-state index in [-0.39, 0.29) is 18.4 Å². The molecule has 0 spiro atoms. The monoisotopic (exact) mass is 327 g/mol. The highest BCUT2D eigenvalue weighted by atomic mass is 35.5. The van der Waals surface area contributed by atoms with E-state index in [1.807, 2.05) is 12.1 Å². The fraction of sp³-hybridized carbons (Fsp3) is 0.250. The molecule has 4 heteroatoms. The Morgan fingerprint density at radius 1 is 0.900 bits per heavy atom. The summed E-state index contributed by atoms with van der Waals surface area (Å²) in [6.07, 6.45) is 2.05. The molecule has 0 unspecified atom stereocenters. The van der Waals surface area contributed by atoms with Gasteiger partial charge in [0.25, 0.3) is 0 Å². The van der Waals surface area contributed by atoms with Gasteiger partial charge in [0.15, 0.2) is 0 Å². The predicted molar refractivity (Wildman–Crippen MR) is 88.2 cm³/mol. The first-order valence-corrected chi connectivity index (χ1v) is 7.22. The maximum absolute atomic E-state index is 6.19. The molecule has 0 radical (unpaired) electrons. The smallest absolute Gasteiger partial charge is 0.0595 e. The average molecular weight is 329 g/mol. The lowest BCUT2D eigenvalue weighted by Gasteiger charge is -2.30. The van der Waals surface area contributed by atoms with Crippen molar-refractivity contribution in [1.29, 1.82) is 0 Å². The molecule has 0 saturated carbocycles. The maximum atomic E-state index is 6.19. The number of hydrogen-bond donors (Lipinski definition) is 1. The van der Waals surface area contributed by atoms with Gasteiger partial charge < -0.3 is 5.73 Å². The van der Waals surface area contributed by atoms with Gasteiger partial charge in [0.05, 0.1) is 10.0 Å². The van der Waals surface area contributed by atoms with Crippen molar-refractivity contribution in [1.82, 2.24) is 0 Å². The zero-order chi connectivity index (χ0) is 13.4. The van der Waals surface area contributed by atoms with Crippen molar-refractivity contribution in [2.24, 2.45) is 5.73 Å². The SMILES string of the molecule is Cl.N[C@H]1CC[C@@H](c2ccc(Cl)c(Cl)c2)c2ccccc21. The van der Waals surface area contributed by atoms with Gasteiger partial charge >= 0.3 is 0 Å². The van der Waals surface area contributed by atoms with Gasteiger partial charge in [0, 0.05) is 12.0 Å². The lowest BCUT2D eigenvalue weighted by Crippen LogP contribution is -2.20. The summed E-state index contributed by atoms with van der Waals surface area (Å²) in [6.45, 7) is 0. The third-order valence-corrected chi connectivity index (χ3v) is 4.62. The topological polar surface area (TPSA) is 26.0 Å². The lowest BCUT2D eigenvalue weighted by molar-refractivity contribution is 0.530. The van der Waals surface area contributed by atoms with Crippen LogP contribution in [0.25, 0.3) is 0 Å². The van der Waals surface area contributed by atoms with Gasteiger partial charge in [-0.3, -0.25) is 0 Å². The number of hydrogen-bond acceptors (Lipinski definition) is 1. The summed E-state index contributed by atoms with van der Waals surface area (Å²) in [7, 11) is 0. The van der Waals surface area contributed by atoms with Gasteiger partial charge in [-0.25, -0.2) is 0 Å². The molecule has 1 aliphatic carbocycles. The summed E-state index contributed by atoms with van der Waals surface area (Å²) < 4.78 is 0. The number of nitrogens with two attached hydrogens (primary N) is 1. The first-order chi connectivity index (χ1) is 9.16. The van der Waals surface area contributed by atoms with E-state index in [0.717, 1.165) is 12.8 Å². The van der Waals surface area contributed by atoms with E-state index < -0.39 is 0 Å². The molecule has 0 fully saturated rings. The maximum Gasteiger partial charge on any atom is 0.0595 e. The summed E-state index contributed by atoms with van der Waals surface area (Å²) in [5, 5.41) is 1.22. The largest absolute Gasteiger partial charge is 0.324 e. The van der Waals surface area contributed by atoms with E-state index in [0.29, 0.717) is 16.0 Å². The molecule has 3 rings (SSSR count). The minimum absolute atomic E-state index is 0. The molecule has 106 valence electrons. The van der Waals surface area contributed by atoms with Crippen LogP contribution in [0.4, 0.5) is 0 Å². The standard InChI is InChI=1S/C16H15Cl2N.ClH/c17-14-7-5-10(9-15(14)18)11-6-8-16(19)13-4-2-1-3-12(11)13;/h1-5,7,9,11,16H,6,8,19H2;1H/t11-,16-;/m0./s1. The first-order valence-electron chi connectivity index (χ1n) is 6.46. The number of fused-ring (bicyclic) bond motifs is 1. The second-order valence-corrected chi connectivity index (χ2v) is 5.85. The molecule has 0 bridgehead atoms. The predicted octanol–water partition coefficient (Wildman–Crippen LogP) is 5.34. The van der Waals surface area contributed by atoms with Crippen LogP contribution in [-0.4, -0.2) is 0 Å². The van der Waals surface area contributed by atoms with Crippen molar-refractivity contribution in [3.63, 3.8) is 0 Å². The normalized spacial score (nSPS) is 20.9. The molecule has 0 amide bonds. The molecular weight excluding hydrogens is 313 g/mol. The highest BCUT2D eigenvalue weighted by molar-refractivity contribution is 6.42. The van der Waals surface area contributed by atoms with Crippen LogP contribution in [0.3, 0.4) is 0 Å². The molecular formula is C16H16Cl3N.